The molecule has 1 saturated heterocycles. The van der Waals surface area contributed by atoms with E-state index in [2.05, 4.69) is 0 Å². The maximum Gasteiger partial charge on any atom is 0.407 e. The number of hydrogen-bond donors (Lipinski definition) is 2. The number of carboxylic acid groups (broad SMARTS) is 1. The van der Waals surface area contributed by atoms with Crippen LogP contribution in [-0.4, -0.2) is 53.1 Å². The van der Waals surface area contributed by atoms with Crippen molar-refractivity contribution in [1.82, 2.24) is 4.90 Å². The van der Waals surface area contributed by atoms with Crippen LogP contribution in [0.4, 0.5) is 4.79 Å². The van der Waals surface area contributed by atoms with Gasteiger partial charge in [-0.2, -0.15) is 0 Å². The third-order valence-electron chi connectivity index (χ3n) is 4.38. The molecule has 1 aromatic carbocycles. The molecular weight excluding hydrogens is 353 g/mol. The van der Waals surface area contributed by atoms with Crippen LogP contribution in [-0.2, 0) is 4.74 Å². The van der Waals surface area contributed by atoms with E-state index in [1.165, 1.54) is 4.90 Å². The molecule has 2 N–H and O–H groups in total. The molecule has 0 aromatic heterocycles. The van der Waals surface area contributed by atoms with Crippen molar-refractivity contribution in [2.24, 2.45) is 5.41 Å². The maximum absolute atomic E-state index is 11.6. The minimum Gasteiger partial charge on any atom is -0.465 e. The van der Waals surface area contributed by atoms with E-state index in [1.54, 1.807) is 18.2 Å². The number of halogens is 2. The van der Waals surface area contributed by atoms with Crippen molar-refractivity contribution < 1.29 is 19.7 Å². The van der Waals surface area contributed by atoms with Gasteiger partial charge in [-0.1, -0.05) is 50.0 Å². The van der Waals surface area contributed by atoms with Crippen LogP contribution in [0, 0.1) is 5.41 Å². The lowest BCUT2D eigenvalue weighted by Crippen LogP contribution is -2.42. The van der Waals surface area contributed by atoms with Crippen LogP contribution in [0.1, 0.15) is 32.3 Å². The number of amides is 1. The Balaban J connectivity index is 2.41. The summed E-state index contributed by atoms with van der Waals surface area (Å²) in [5.74, 6) is -0.326. The van der Waals surface area contributed by atoms with Gasteiger partial charge in [0.15, 0.2) is 0 Å². The standard InChI is InChI=1S/C17H23Cl2NO4/c1-17(2,3)15-8-20(16(22)23)7-11(14(9-21)24-15)10-4-5-12(18)13(19)6-10/h4-6,11,14-15,21H,7-9H2,1-3H3,(H,22,23)/t11-,14-,15?/m1/s1. The second-order valence-electron chi connectivity index (χ2n) is 7.18. The highest BCUT2D eigenvalue weighted by Gasteiger charge is 2.39. The molecule has 0 bridgehead atoms. The van der Waals surface area contributed by atoms with Crippen molar-refractivity contribution in [1.29, 1.82) is 0 Å². The van der Waals surface area contributed by atoms with Crippen LogP contribution in [0.2, 0.25) is 10.0 Å². The fourth-order valence-electron chi connectivity index (χ4n) is 2.85. The fraction of sp³-hybridized carbons (Fsp3) is 0.588. The van der Waals surface area contributed by atoms with Crippen molar-refractivity contribution in [3.05, 3.63) is 33.8 Å². The molecule has 0 saturated carbocycles. The van der Waals surface area contributed by atoms with Gasteiger partial charge in [0.05, 0.1) is 35.4 Å². The second-order valence-corrected chi connectivity index (χ2v) is 7.99. The molecule has 7 heteroatoms. The second kappa shape index (κ2) is 7.48. The van der Waals surface area contributed by atoms with E-state index >= 15 is 0 Å². The predicted molar refractivity (Wildman–Crippen MR) is 94.0 cm³/mol. The Kier molecular flexibility index (Phi) is 6.02. The van der Waals surface area contributed by atoms with Gasteiger partial charge in [-0.15, -0.1) is 0 Å². The highest BCUT2D eigenvalue weighted by Crippen LogP contribution is 2.35. The number of aliphatic hydroxyl groups is 1. The zero-order chi connectivity index (χ0) is 18.1. The lowest BCUT2D eigenvalue weighted by molar-refractivity contribution is -0.0831. The number of hydrogen-bond acceptors (Lipinski definition) is 3. The van der Waals surface area contributed by atoms with Crippen molar-refractivity contribution in [2.45, 2.75) is 38.9 Å². The van der Waals surface area contributed by atoms with Crippen molar-refractivity contribution in [3.8, 4) is 0 Å². The van der Waals surface area contributed by atoms with Gasteiger partial charge in [0.1, 0.15) is 0 Å². The molecule has 1 heterocycles. The molecule has 24 heavy (non-hydrogen) atoms. The van der Waals surface area contributed by atoms with E-state index < -0.39 is 12.2 Å². The number of carbonyl (C=O) groups is 1. The topological polar surface area (TPSA) is 70.0 Å². The van der Waals surface area contributed by atoms with Crippen LogP contribution in [0.5, 0.6) is 0 Å². The van der Waals surface area contributed by atoms with Crippen LogP contribution in [0.15, 0.2) is 18.2 Å². The lowest BCUT2D eigenvalue weighted by atomic mass is 9.88. The summed E-state index contributed by atoms with van der Waals surface area (Å²) in [6, 6.07) is 5.17. The van der Waals surface area contributed by atoms with E-state index in [4.69, 9.17) is 27.9 Å². The van der Waals surface area contributed by atoms with E-state index in [-0.39, 0.29) is 37.1 Å². The first-order valence-electron chi connectivity index (χ1n) is 7.82. The molecule has 2 rings (SSSR count). The molecule has 3 atom stereocenters. The smallest absolute Gasteiger partial charge is 0.407 e. The lowest BCUT2D eigenvalue weighted by Gasteiger charge is -2.33. The molecular formula is C17H23Cl2NO4. The number of ether oxygens (including phenoxy) is 1. The van der Waals surface area contributed by atoms with Gasteiger partial charge in [-0.3, -0.25) is 0 Å². The molecule has 1 aromatic rings. The summed E-state index contributed by atoms with van der Waals surface area (Å²) < 4.78 is 6.11. The Morgan fingerprint density at radius 1 is 1.29 bits per heavy atom. The molecule has 1 fully saturated rings. The minimum absolute atomic E-state index is 0.203. The third kappa shape index (κ3) is 4.33. The number of rotatable bonds is 2. The van der Waals surface area contributed by atoms with E-state index in [1.807, 2.05) is 20.8 Å². The molecule has 5 nitrogen and oxygen atoms in total. The molecule has 1 unspecified atom stereocenters. The molecule has 0 aliphatic carbocycles. The maximum atomic E-state index is 11.6. The van der Waals surface area contributed by atoms with Crippen LogP contribution in [0.25, 0.3) is 0 Å². The van der Waals surface area contributed by atoms with E-state index in [0.29, 0.717) is 10.0 Å². The summed E-state index contributed by atoms with van der Waals surface area (Å²) in [5.41, 5.74) is 0.539. The van der Waals surface area contributed by atoms with Crippen LogP contribution >= 0.6 is 23.2 Å². The number of aliphatic hydroxyl groups excluding tert-OH is 1. The van der Waals surface area contributed by atoms with E-state index in [9.17, 15) is 15.0 Å². The zero-order valence-corrected chi connectivity index (χ0v) is 15.5. The quantitative estimate of drug-likeness (QED) is 0.822. The molecule has 1 aliphatic heterocycles. The average Bonchev–Trinajstić information content (AvgIpc) is 2.69. The highest BCUT2D eigenvalue weighted by molar-refractivity contribution is 6.42. The van der Waals surface area contributed by atoms with Crippen LogP contribution < -0.4 is 0 Å². The summed E-state index contributed by atoms with van der Waals surface area (Å²) in [6.07, 6.45) is -1.84. The first-order chi connectivity index (χ1) is 11.1. The Labute approximate surface area is 152 Å². The normalized spacial score (nSPS) is 25.4. The number of benzene rings is 1. The zero-order valence-electron chi connectivity index (χ0n) is 14.0. The Morgan fingerprint density at radius 2 is 1.96 bits per heavy atom. The van der Waals surface area contributed by atoms with Gasteiger partial charge >= 0.3 is 6.09 Å². The fourth-order valence-corrected chi connectivity index (χ4v) is 3.15. The van der Waals surface area contributed by atoms with Gasteiger partial charge in [-0.25, -0.2) is 4.79 Å². The first-order valence-corrected chi connectivity index (χ1v) is 8.58. The summed E-state index contributed by atoms with van der Waals surface area (Å²) in [4.78, 5) is 13.0. The van der Waals surface area contributed by atoms with Gasteiger partial charge in [0, 0.05) is 12.5 Å². The molecule has 0 spiro atoms. The van der Waals surface area contributed by atoms with E-state index in [0.717, 1.165) is 5.56 Å². The predicted octanol–water partition coefficient (Wildman–Crippen LogP) is 3.86. The molecule has 1 aliphatic rings. The SMILES string of the molecule is CC(C)(C)C1CN(C(=O)O)C[C@H](c2ccc(Cl)c(Cl)c2)[C@@H](CO)O1. The average molecular weight is 376 g/mol. The van der Waals surface area contributed by atoms with Gasteiger partial charge < -0.3 is 19.8 Å². The Bertz CT molecular complexity index is 603. The summed E-state index contributed by atoms with van der Waals surface area (Å²) in [6.45, 7) is 6.26. The molecule has 0 radical (unpaired) electrons. The summed E-state index contributed by atoms with van der Waals surface area (Å²) >= 11 is 12.1. The summed E-state index contributed by atoms with van der Waals surface area (Å²) in [5, 5.41) is 20.2. The summed E-state index contributed by atoms with van der Waals surface area (Å²) in [7, 11) is 0. The third-order valence-corrected chi connectivity index (χ3v) is 5.12. The first kappa shape index (κ1) is 19.3. The minimum atomic E-state index is -1.00. The van der Waals surface area contributed by atoms with Gasteiger partial charge in [-0.05, 0) is 23.1 Å². The van der Waals surface area contributed by atoms with Gasteiger partial charge in [0.25, 0.3) is 0 Å². The number of nitrogens with zero attached hydrogens (tertiary/aromatic N) is 1. The highest BCUT2D eigenvalue weighted by atomic mass is 35.5. The van der Waals surface area contributed by atoms with Crippen molar-refractivity contribution in [3.63, 3.8) is 0 Å². The van der Waals surface area contributed by atoms with Gasteiger partial charge in [0.2, 0.25) is 0 Å². The molecule has 1 amide bonds. The van der Waals surface area contributed by atoms with Crippen molar-refractivity contribution in [2.75, 3.05) is 19.7 Å². The largest absolute Gasteiger partial charge is 0.465 e. The molecule has 134 valence electrons. The van der Waals surface area contributed by atoms with Crippen molar-refractivity contribution >= 4 is 29.3 Å². The Hall–Kier alpha value is -1.01. The van der Waals surface area contributed by atoms with Crippen LogP contribution in [0.3, 0.4) is 0 Å². The Morgan fingerprint density at radius 3 is 2.46 bits per heavy atom. The monoisotopic (exact) mass is 375 g/mol.